The summed E-state index contributed by atoms with van der Waals surface area (Å²) in [5.41, 5.74) is 8.21. The molecule has 2 aromatic rings. The first-order chi connectivity index (χ1) is 10.4. The Morgan fingerprint density at radius 3 is 2.45 bits per heavy atom. The number of sulfonamides is 1. The summed E-state index contributed by atoms with van der Waals surface area (Å²) in [6.45, 7) is 0. The SMILES string of the molecule is COc1ccc(CSc2cc(NS(C)(=O)=O)ccc2N)cc1. The second-order valence-electron chi connectivity index (χ2n) is 4.76. The molecule has 3 N–H and O–H groups in total. The highest BCUT2D eigenvalue weighted by molar-refractivity contribution is 7.98. The van der Waals surface area contributed by atoms with Crippen LogP contribution in [0.25, 0.3) is 0 Å². The molecule has 0 aliphatic heterocycles. The third-order valence-electron chi connectivity index (χ3n) is 2.87. The average Bonchev–Trinajstić information content (AvgIpc) is 2.47. The maximum absolute atomic E-state index is 11.3. The van der Waals surface area contributed by atoms with Gasteiger partial charge in [0.2, 0.25) is 10.0 Å². The fraction of sp³-hybridized carbons (Fsp3) is 0.200. The van der Waals surface area contributed by atoms with Gasteiger partial charge < -0.3 is 10.5 Å². The molecular weight excluding hydrogens is 320 g/mol. The molecule has 0 amide bonds. The highest BCUT2D eigenvalue weighted by Gasteiger charge is 2.06. The van der Waals surface area contributed by atoms with E-state index in [9.17, 15) is 8.42 Å². The van der Waals surface area contributed by atoms with Gasteiger partial charge in [-0.25, -0.2) is 8.42 Å². The lowest BCUT2D eigenvalue weighted by Gasteiger charge is -2.10. The van der Waals surface area contributed by atoms with Crippen LogP contribution in [0, 0.1) is 0 Å². The number of rotatable bonds is 6. The largest absolute Gasteiger partial charge is 0.497 e. The molecule has 0 bridgehead atoms. The van der Waals surface area contributed by atoms with Gasteiger partial charge in [0.05, 0.1) is 13.4 Å². The van der Waals surface area contributed by atoms with Crippen molar-refractivity contribution in [2.24, 2.45) is 0 Å². The van der Waals surface area contributed by atoms with E-state index in [1.807, 2.05) is 24.3 Å². The van der Waals surface area contributed by atoms with Gasteiger partial charge in [0.25, 0.3) is 0 Å². The average molecular weight is 338 g/mol. The number of hydrogen-bond acceptors (Lipinski definition) is 5. The normalized spacial score (nSPS) is 11.2. The summed E-state index contributed by atoms with van der Waals surface area (Å²) < 4.78 is 30.1. The van der Waals surface area contributed by atoms with Gasteiger partial charge in [-0.2, -0.15) is 0 Å². The molecule has 0 spiro atoms. The number of anilines is 2. The fourth-order valence-electron chi connectivity index (χ4n) is 1.82. The van der Waals surface area contributed by atoms with Crippen LogP contribution >= 0.6 is 11.8 Å². The lowest BCUT2D eigenvalue weighted by molar-refractivity contribution is 0.414. The van der Waals surface area contributed by atoms with E-state index in [1.54, 1.807) is 37.1 Å². The lowest BCUT2D eigenvalue weighted by atomic mass is 10.2. The van der Waals surface area contributed by atoms with E-state index in [2.05, 4.69) is 4.72 Å². The summed E-state index contributed by atoms with van der Waals surface area (Å²) in [5, 5.41) is 0. The van der Waals surface area contributed by atoms with Gasteiger partial charge in [-0.15, -0.1) is 11.8 Å². The van der Waals surface area contributed by atoms with Crippen molar-refractivity contribution in [3.8, 4) is 5.75 Å². The molecule has 0 aromatic heterocycles. The van der Waals surface area contributed by atoms with E-state index in [1.165, 1.54) is 0 Å². The Hall–Kier alpha value is -1.86. The van der Waals surface area contributed by atoms with E-state index in [4.69, 9.17) is 10.5 Å². The molecule has 0 aliphatic rings. The Morgan fingerprint density at radius 2 is 1.86 bits per heavy atom. The molecule has 0 fully saturated rings. The second kappa shape index (κ2) is 6.93. The Bertz CT molecular complexity index is 744. The van der Waals surface area contributed by atoms with E-state index in [-0.39, 0.29) is 0 Å². The predicted molar refractivity (Wildman–Crippen MR) is 91.9 cm³/mol. The molecule has 0 heterocycles. The first kappa shape index (κ1) is 16.5. The van der Waals surface area contributed by atoms with E-state index < -0.39 is 10.0 Å². The summed E-state index contributed by atoms with van der Waals surface area (Å²) >= 11 is 1.55. The van der Waals surface area contributed by atoms with Crippen LogP contribution in [-0.2, 0) is 15.8 Å². The van der Waals surface area contributed by atoms with Crippen LogP contribution in [0.4, 0.5) is 11.4 Å². The van der Waals surface area contributed by atoms with Gasteiger partial charge in [0.15, 0.2) is 0 Å². The Morgan fingerprint density at radius 1 is 1.18 bits per heavy atom. The Balaban J connectivity index is 2.09. The molecule has 0 saturated carbocycles. The maximum Gasteiger partial charge on any atom is 0.229 e. The second-order valence-corrected chi connectivity index (χ2v) is 7.53. The number of nitrogens with one attached hydrogen (secondary N) is 1. The van der Waals surface area contributed by atoms with E-state index >= 15 is 0 Å². The quantitative estimate of drug-likeness (QED) is 0.625. The van der Waals surface area contributed by atoms with Crippen LogP contribution in [0.15, 0.2) is 47.4 Å². The van der Waals surface area contributed by atoms with E-state index in [0.717, 1.165) is 28.2 Å². The first-order valence-corrected chi connectivity index (χ1v) is 9.38. The molecule has 7 heteroatoms. The minimum atomic E-state index is -3.30. The molecule has 0 unspecified atom stereocenters. The molecular formula is C15H18N2O3S2. The van der Waals surface area contributed by atoms with Crippen molar-refractivity contribution in [2.75, 3.05) is 23.8 Å². The maximum atomic E-state index is 11.3. The number of hydrogen-bond donors (Lipinski definition) is 2. The minimum absolute atomic E-state index is 0.508. The van der Waals surface area contributed by atoms with Crippen molar-refractivity contribution in [3.63, 3.8) is 0 Å². The standard InChI is InChI=1S/C15H18N2O3S2/c1-20-13-6-3-11(4-7-13)10-21-15-9-12(5-8-14(15)16)17-22(2,18)19/h3-9,17H,10,16H2,1-2H3. The van der Waals surface area contributed by atoms with Crippen LogP contribution < -0.4 is 15.2 Å². The molecule has 0 saturated heterocycles. The third-order valence-corrected chi connectivity index (χ3v) is 4.62. The molecule has 0 atom stereocenters. The zero-order valence-corrected chi connectivity index (χ0v) is 14.0. The van der Waals surface area contributed by atoms with Gasteiger partial charge in [-0.3, -0.25) is 4.72 Å². The number of nitrogens with two attached hydrogens (primary N) is 1. The van der Waals surface area contributed by atoms with Crippen LogP contribution in [-0.4, -0.2) is 21.8 Å². The van der Waals surface area contributed by atoms with Gasteiger partial charge in [0.1, 0.15) is 5.75 Å². The molecule has 0 radical (unpaired) electrons. The van der Waals surface area contributed by atoms with Crippen LogP contribution in [0.1, 0.15) is 5.56 Å². The summed E-state index contributed by atoms with van der Waals surface area (Å²) in [5.74, 6) is 1.55. The van der Waals surface area contributed by atoms with Gasteiger partial charge in [0, 0.05) is 22.0 Å². The lowest BCUT2D eigenvalue weighted by Crippen LogP contribution is -2.09. The summed E-state index contributed by atoms with van der Waals surface area (Å²) in [4.78, 5) is 0.837. The molecule has 0 aliphatic carbocycles. The Kier molecular flexibility index (Phi) is 5.20. The molecule has 5 nitrogen and oxygen atoms in total. The topological polar surface area (TPSA) is 81.4 Å². The minimum Gasteiger partial charge on any atom is -0.497 e. The number of ether oxygens (including phenoxy) is 1. The van der Waals surface area contributed by atoms with Gasteiger partial charge in [-0.1, -0.05) is 12.1 Å². The predicted octanol–water partition coefficient (Wildman–Crippen LogP) is 2.94. The Labute approximate surface area is 134 Å². The fourth-order valence-corrected chi connectivity index (χ4v) is 3.33. The third kappa shape index (κ3) is 4.85. The van der Waals surface area contributed by atoms with E-state index in [0.29, 0.717) is 11.4 Å². The van der Waals surface area contributed by atoms with Crippen molar-refractivity contribution in [2.45, 2.75) is 10.6 Å². The highest BCUT2D eigenvalue weighted by Crippen LogP contribution is 2.31. The van der Waals surface area contributed by atoms with Crippen molar-refractivity contribution in [3.05, 3.63) is 48.0 Å². The zero-order valence-electron chi connectivity index (χ0n) is 12.4. The molecule has 22 heavy (non-hydrogen) atoms. The monoisotopic (exact) mass is 338 g/mol. The zero-order chi connectivity index (χ0) is 16.2. The molecule has 2 rings (SSSR count). The summed E-state index contributed by atoms with van der Waals surface area (Å²) in [6.07, 6.45) is 1.12. The van der Waals surface area contributed by atoms with Crippen LogP contribution in [0.2, 0.25) is 0 Å². The van der Waals surface area contributed by atoms with Crippen LogP contribution in [0.3, 0.4) is 0 Å². The van der Waals surface area contributed by atoms with Crippen molar-refractivity contribution in [1.29, 1.82) is 0 Å². The van der Waals surface area contributed by atoms with Crippen molar-refractivity contribution >= 4 is 33.2 Å². The van der Waals surface area contributed by atoms with Gasteiger partial charge >= 0.3 is 0 Å². The number of nitrogen functional groups attached to an aromatic ring is 1. The number of methoxy groups -OCH3 is 1. The smallest absolute Gasteiger partial charge is 0.229 e. The van der Waals surface area contributed by atoms with Crippen LogP contribution in [0.5, 0.6) is 5.75 Å². The summed E-state index contributed by atoms with van der Waals surface area (Å²) in [6, 6.07) is 12.9. The van der Waals surface area contributed by atoms with Crippen molar-refractivity contribution in [1.82, 2.24) is 0 Å². The number of thioether (sulfide) groups is 1. The summed E-state index contributed by atoms with van der Waals surface area (Å²) in [7, 11) is -1.67. The highest BCUT2D eigenvalue weighted by atomic mass is 32.2. The van der Waals surface area contributed by atoms with Gasteiger partial charge in [-0.05, 0) is 35.9 Å². The number of benzene rings is 2. The molecule has 2 aromatic carbocycles. The molecule has 118 valence electrons. The van der Waals surface area contributed by atoms with Crippen molar-refractivity contribution < 1.29 is 13.2 Å². The first-order valence-electron chi connectivity index (χ1n) is 6.50.